The van der Waals surface area contributed by atoms with E-state index in [4.69, 9.17) is 11.6 Å². The van der Waals surface area contributed by atoms with E-state index in [1.165, 1.54) is 12.8 Å². The molecule has 1 aromatic rings. The Kier molecular flexibility index (Phi) is 4.10. The molecule has 100 valence electrons. The van der Waals surface area contributed by atoms with Crippen molar-refractivity contribution in [2.45, 2.75) is 58.9 Å². The first-order valence-corrected chi connectivity index (χ1v) is 7.21. The summed E-state index contributed by atoms with van der Waals surface area (Å²) in [7, 11) is 0. The highest BCUT2D eigenvalue weighted by molar-refractivity contribution is 6.30. The van der Waals surface area contributed by atoms with E-state index in [1.807, 2.05) is 6.92 Å². The van der Waals surface area contributed by atoms with Gasteiger partial charge in [0.1, 0.15) is 16.8 Å². The Morgan fingerprint density at radius 1 is 1.33 bits per heavy atom. The van der Waals surface area contributed by atoms with Crippen LogP contribution < -0.4 is 5.32 Å². The minimum absolute atomic E-state index is 0.432. The first-order chi connectivity index (χ1) is 8.52. The van der Waals surface area contributed by atoms with Gasteiger partial charge >= 0.3 is 0 Å². The summed E-state index contributed by atoms with van der Waals surface area (Å²) in [4.78, 5) is 9.05. The molecule has 1 fully saturated rings. The number of nitrogens with zero attached hydrogens (tertiary/aromatic N) is 2. The molecule has 1 aliphatic carbocycles. The van der Waals surface area contributed by atoms with Crippen LogP contribution in [-0.4, -0.2) is 16.0 Å². The van der Waals surface area contributed by atoms with E-state index in [2.05, 4.69) is 36.1 Å². The lowest BCUT2D eigenvalue weighted by Gasteiger charge is -2.22. The standard InChI is InChI=1S/C14H22ClN3/c1-5-11(8(2)3)16-13-9(4)12(15)17-14(18-13)10-6-7-10/h8,10-11H,5-7H2,1-4H3,(H,16,17,18). The lowest BCUT2D eigenvalue weighted by atomic mass is 10.0. The van der Waals surface area contributed by atoms with Crippen LogP contribution in [-0.2, 0) is 0 Å². The zero-order chi connectivity index (χ0) is 13.3. The van der Waals surface area contributed by atoms with Gasteiger partial charge in [0, 0.05) is 17.5 Å². The quantitative estimate of drug-likeness (QED) is 0.814. The van der Waals surface area contributed by atoms with Crippen molar-refractivity contribution >= 4 is 17.4 Å². The predicted octanol–water partition coefficient (Wildman–Crippen LogP) is 4.16. The van der Waals surface area contributed by atoms with Crippen LogP contribution in [0.1, 0.15) is 57.3 Å². The summed E-state index contributed by atoms with van der Waals surface area (Å²) in [6.45, 7) is 8.62. The van der Waals surface area contributed by atoms with Crippen molar-refractivity contribution < 1.29 is 0 Å². The summed E-state index contributed by atoms with van der Waals surface area (Å²) in [5.74, 6) is 2.93. The molecule has 0 bridgehead atoms. The Bertz CT molecular complexity index is 427. The molecule has 0 spiro atoms. The molecule has 1 N–H and O–H groups in total. The molecule has 1 unspecified atom stereocenters. The molecule has 1 heterocycles. The second-order valence-electron chi connectivity index (χ2n) is 5.52. The summed E-state index contributed by atoms with van der Waals surface area (Å²) < 4.78 is 0. The Hall–Kier alpha value is -0.830. The van der Waals surface area contributed by atoms with E-state index in [0.717, 1.165) is 23.6 Å². The summed E-state index contributed by atoms with van der Waals surface area (Å²) in [5, 5.41) is 4.12. The number of hydrogen-bond donors (Lipinski definition) is 1. The van der Waals surface area contributed by atoms with Gasteiger partial charge < -0.3 is 5.32 Å². The van der Waals surface area contributed by atoms with Crippen molar-refractivity contribution in [2.24, 2.45) is 5.92 Å². The zero-order valence-corrected chi connectivity index (χ0v) is 12.4. The third kappa shape index (κ3) is 2.94. The van der Waals surface area contributed by atoms with Crippen LogP contribution >= 0.6 is 11.6 Å². The third-order valence-corrected chi connectivity index (χ3v) is 3.98. The van der Waals surface area contributed by atoms with Crippen molar-refractivity contribution in [3.63, 3.8) is 0 Å². The van der Waals surface area contributed by atoms with Gasteiger partial charge in [0.2, 0.25) is 0 Å². The molecule has 1 atom stereocenters. The van der Waals surface area contributed by atoms with Gasteiger partial charge in [-0.25, -0.2) is 9.97 Å². The molecule has 0 aromatic carbocycles. The largest absolute Gasteiger partial charge is 0.367 e. The fourth-order valence-corrected chi connectivity index (χ4v) is 2.26. The normalized spacial score (nSPS) is 17.0. The van der Waals surface area contributed by atoms with Crippen molar-refractivity contribution in [2.75, 3.05) is 5.32 Å². The molecule has 0 aliphatic heterocycles. The fourth-order valence-electron chi connectivity index (χ4n) is 2.09. The summed E-state index contributed by atoms with van der Waals surface area (Å²) in [6.07, 6.45) is 3.47. The Labute approximate surface area is 114 Å². The maximum atomic E-state index is 6.21. The van der Waals surface area contributed by atoms with Crippen LogP contribution in [0.5, 0.6) is 0 Å². The third-order valence-electron chi connectivity index (χ3n) is 3.61. The van der Waals surface area contributed by atoms with E-state index < -0.39 is 0 Å². The maximum Gasteiger partial charge on any atom is 0.137 e. The number of anilines is 1. The first kappa shape index (κ1) is 13.6. The second kappa shape index (κ2) is 5.43. The second-order valence-corrected chi connectivity index (χ2v) is 5.88. The van der Waals surface area contributed by atoms with Gasteiger partial charge in [0.15, 0.2) is 0 Å². The van der Waals surface area contributed by atoms with Crippen LogP contribution in [0.4, 0.5) is 5.82 Å². The molecule has 18 heavy (non-hydrogen) atoms. The van der Waals surface area contributed by atoms with Crippen LogP contribution in [0.15, 0.2) is 0 Å². The van der Waals surface area contributed by atoms with Crippen molar-refractivity contribution in [3.05, 3.63) is 16.5 Å². The van der Waals surface area contributed by atoms with E-state index in [-0.39, 0.29) is 0 Å². The van der Waals surface area contributed by atoms with Gasteiger partial charge in [-0.15, -0.1) is 0 Å². The predicted molar refractivity (Wildman–Crippen MR) is 76.3 cm³/mol. The van der Waals surface area contributed by atoms with Crippen LogP contribution in [0, 0.1) is 12.8 Å². The van der Waals surface area contributed by atoms with Gasteiger partial charge in [0.25, 0.3) is 0 Å². The lowest BCUT2D eigenvalue weighted by molar-refractivity contribution is 0.509. The smallest absolute Gasteiger partial charge is 0.137 e. The number of nitrogens with one attached hydrogen (secondary N) is 1. The minimum atomic E-state index is 0.432. The molecule has 1 saturated carbocycles. The van der Waals surface area contributed by atoms with Gasteiger partial charge in [-0.3, -0.25) is 0 Å². The molecule has 0 saturated heterocycles. The molecular formula is C14H22ClN3. The maximum absolute atomic E-state index is 6.21. The van der Waals surface area contributed by atoms with Crippen LogP contribution in [0.25, 0.3) is 0 Å². The molecule has 1 aliphatic rings. The monoisotopic (exact) mass is 267 g/mol. The Morgan fingerprint density at radius 2 is 2.00 bits per heavy atom. The number of hydrogen-bond acceptors (Lipinski definition) is 3. The summed E-state index contributed by atoms with van der Waals surface area (Å²) >= 11 is 6.21. The highest BCUT2D eigenvalue weighted by atomic mass is 35.5. The van der Waals surface area contributed by atoms with Gasteiger partial charge in [-0.2, -0.15) is 0 Å². The van der Waals surface area contributed by atoms with Gasteiger partial charge in [0.05, 0.1) is 0 Å². The van der Waals surface area contributed by atoms with Gasteiger partial charge in [-0.05, 0) is 32.1 Å². The van der Waals surface area contributed by atoms with Crippen molar-refractivity contribution in [1.82, 2.24) is 9.97 Å². The fraction of sp³-hybridized carbons (Fsp3) is 0.714. The topological polar surface area (TPSA) is 37.8 Å². The molecular weight excluding hydrogens is 246 g/mol. The average molecular weight is 268 g/mol. The summed E-state index contributed by atoms with van der Waals surface area (Å²) in [5.41, 5.74) is 0.958. The molecule has 3 nitrogen and oxygen atoms in total. The Morgan fingerprint density at radius 3 is 2.50 bits per heavy atom. The van der Waals surface area contributed by atoms with Crippen LogP contribution in [0.3, 0.4) is 0 Å². The first-order valence-electron chi connectivity index (χ1n) is 6.83. The van der Waals surface area contributed by atoms with E-state index >= 15 is 0 Å². The van der Waals surface area contributed by atoms with E-state index in [0.29, 0.717) is 23.0 Å². The van der Waals surface area contributed by atoms with Crippen LogP contribution in [0.2, 0.25) is 5.15 Å². The molecule has 0 radical (unpaired) electrons. The number of rotatable bonds is 5. The minimum Gasteiger partial charge on any atom is -0.367 e. The highest BCUT2D eigenvalue weighted by Crippen LogP contribution is 2.39. The molecule has 0 amide bonds. The van der Waals surface area contributed by atoms with E-state index in [1.54, 1.807) is 0 Å². The summed E-state index contributed by atoms with van der Waals surface area (Å²) in [6, 6.07) is 0.432. The Balaban J connectivity index is 2.25. The number of aromatic nitrogens is 2. The average Bonchev–Trinajstić information content (AvgIpc) is 3.14. The SMILES string of the molecule is CCC(Nc1nc(C2CC2)nc(Cl)c1C)C(C)C. The number of halogens is 1. The van der Waals surface area contributed by atoms with Crippen molar-refractivity contribution in [1.29, 1.82) is 0 Å². The van der Waals surface area contributed by atoms with E-state index in [9.17, 15) is 0 Å². The zero-order valence-electron chi connectivity index (χ0n) is 11.6. The van der Waals surface area contributed by atoms with Gasteiger partial charge in [-0.1, -0.05) is 32.4 Å². The lowest BCUT2D eigenvalue weighted by Crippen LogP contribution is -2.26. The molecule has 2 rings (SSSR count). The molecule has 1 aromatic heterocycles. The van der Waals surface area contributed by atoms with Crippen molar-refractivity contribution in [3.8, 4) is 0 Å². The molecule has 4 heteroatoms. The highest BCUT2D eigenvalue weighted by Gasteiger charge is 2.28.